The number of benzene rings is 1. The summed E-state index contributed by atoms with van der Waals surface area (Å²) in [6.45, 7) is 4.25. The third kappa shape index (κ3) is 3.73. The van der Waals surface area contributed by atoms with Crippen LogP contribution in [0, 0.1) is 5.92 Å². The lowest BCUT2D eigenvalue weighted by atomic mass is 10.0. The van der Waals surface area contributed by atoms with E-state index in [1.54, 1.807) is 0 Å². The first kappa shape index (κ1) is 14.9. The molecule has 0 bridgehead atoms. The molecule has 1 aromatic rings. The van der Waals surface area contributed by atoms with Crippen molar-refractivity contribution in [2.24, 2.45) is 11.7 Å². The first-order valence-electron chi connectivity index (χ1n) is 7.44. The molecule has 0 saturated carbocycles. The Labute approximate surface area is 120 Å². The Morgan fingerprint density at radius 2 is 2.20 bits per heavy atom. The van der Waals surface area contributed by atoms with Gasteiger partial charge < -0.3 is 15.4 Å². The minimum absolute atomic E-state index is 0.187. The van der Waals surface area contributed by atoms with Crippen LogP contribution in [-0.4, -0.2) is 25.6 Å². The Bertz CT molecular complexity index is 448. The predicted molar refractivity (Wildman–Crippen MR) is 81.0 cm³/mol. The highest BCUT2D eigenvalue weighted by molar-refractivity contribution is 5.94. The molecule has 0 saturated heterocycles. The number of amides is 1. The molecular weight excluding hydrogens is 252 g/mol. The molecule has 2 N–H and O–H groups in total. The average Bonchev–Trinajstić information content (AvgIpc) is 2.67. The first-order chi connectivity index (χ1) is 9.72. The van der Waals surface area contributed by atoms with Crippen LogP contribution in [0.4, 0.5) is 5.69 Å². The van der Waals surface area contributed by atoms with E-state index >= 15 is 0 Å². The van der Waals surface area contributed by atoms with Gasteiger partial charge in [0.25, 0.3) is 0 Å². The van der Waals surface area contributed by atoms with Gasteiger partial charge in [0.05, 0.1) is 12.3 Å². The summed E-state index contributed by atoms with van der Waals surface area (Å²) in [4.78, 5) is 14.3. The van der Waals surface area contributed by atoms with Gasteiger partial charge >= 0.3 is 0 Å². The molecule has 0 fully saturated rings. The molecule has 1 unspecified atom stereocenters. The molecule has 0 aliphatic carbocycles. The summed E-state index contributed by atoms with van der Waals surface area (Å²) < 4.78 is 5.68. The predicted octanol–water partition coefficient (Wildman–Crippen LogP) is 2.57. The zero-order valence-corrected chi connectivity index (χ0v) is 12.2. The van der Waals surface area contributed by atoms with E-state index in [1.165, 1.54) is 0 Å². The molecule has 1 aromatic carbocycles. The molecule has 0 spiro atoms. The lowest BCUT2D eigenvalue weighted by Gasteiger charge is -2.22. The molecule has 1 amide bonds. The second-order valence-electron chi connectivity index (χ2n) is 5.44. The van der Waals surface area contributed by atoms with Crippen LogP contribution in [0.1, 0.15) is 32.6 Å². The Morgan fingerprint density at radius 3 is 3.00 bits per heavy atom. The van der Waals surface area contributed by atoms with Crippen LogP contribution in [-0.2, 0) is 4.79 Å². The Morgan fingerprint density at radius 1 is 1.40 bits per heavy atom. The summed E-state index contributed by atoms with van der Waals surface area (Å²) in [5.74, 6) is 1.50. The average molecular weight is 276 g/mol. The number of nitrogens with two attached hydrogens (primary N) is 1. The van der Waals surface area contributed by atoms with Crippen molar-refractivity contribution in [3.63, 3.8) is 0 Å². The summed E-state index contributed by atoms with van der Waals surface area (Å²) in [6, 6.07) is 7.78. The van der Waals surface area contributed by atoms with E-state index in [0.717, 1.165) is 37.2 Å². The summed E-state index contributed by atoms with van der Waals surface area (Å²) in [5, 5.41) is 0. The number of hydrogen-bond acceptors (Lipinski definition) is 3. The molecule has 1 aliphatic rings. The van der Waals surface area contributed by atoms with E-state index in [2.05, 4.69) is 6.92 Å². The van der Waals surface area contributed by atoms with Crippen molar-refractivity contribution in [3.8, 4) is 5.75 Å². The molecule has 0 radical (unpaired) electrons. The fourth-order valence-electron chi connectivity index (χ4n) is 2.52. The summed E-state index contributed by atoms with van der Waals surface area (Å²) in [6.07, 6.45) is 3.33. The molecule has 110 valence electrons. The maximum atomic E-state index is 12.5. The van der Waals surface area contributed by atoms with Crippen LogP contribution < -0.4 is 15.4 Å². The van der Waals surface area contributed by atoms with Gasteiger partial charge in [0.1, 0.15) is 5.75 Å². The van der Waals surface area contributed by atoms with Gasteiger partial charge in [0, 0.05) is 13.0 Å². The number of anilines is 1. The zero-order valence-electron chi connectivity index (χ0n) is 12.2. The molecule has 0 aromatic heterocycles. The Kier molecular flexibility index (Phi) is 5.41. The van der Waals surface area contributed by atoms with Crippen molar-refractivity contribution in [1.29, 1.82) is 0 Å². The highest BCUT2D eigenvalue weighted by Gasteiger charge is 2.21. The third-order valence-electron chi connectivity index (χ3n) is 3.75. The van der Waals surface area contributed by atoms with Crippen molar-refractivity contribution in [1.82, 2.24) is 0 Å². The van der Waals surface area contributed by atoms with Gasteiger partial charge in [0.15, 0.2) is 0 Å². The molecule has 1 heterocycles. The lowest BCUT2D eigenvalue weighted by molar-refractivity contribution is -0.118. The summed E-state index contributed by atoms with van der Waals surface area (Å²) >= 11 is 0. The van der Waals surface area contributed by atoms with E-state index in [-0.39, 0.29) is 5.91 Å². The molecule has 1 aliphatic heterocycles. The normalized spacial score (nSPS) is 16.0. The highest BCUT2D eigenvalue weighted by Crippen LogP contribution is 2.31. The molecule has 4 heteroatoms. The van der Waals surface area contributed by atoms with Gasteiger partial charge in [-0.15, -0.1) is 0 Å². The van der Waals surface area contributed by atoms with E-state index in [9.17, 15) is 4.79 Å². The topological polar surface area (TPSA) is 55.6 Å². The smallest absolute Gasteiger partial charge is 0.227 e. The quantitative estimate of drug-likeness (QED) is 0.899. The van der Waals surface area contributed by atoms with Gasteiger partial charge in [-0.3, -0.25) is 4.79 Å². The van der Waals surface area contributed by atoms with Crippen molar-refractivity contribution < 1.29 is 9.53 Å². The van der Waals surface area contributed by atoms with Crippen LogP contribution >= 0.6 is 0 Å². The van der Waals surface area contributed by atoms with E-state index < -0.39 is 0 Å². The number of hydrogen-bond donors (Lipinski definition) is 1. The van der Waals surface area contributed by atoms with Crippen molar-refractivity contribution >= 4 is 11.6 Å². The second kappa shape index (κ2) is 7.29. The first-order valence-corrected chi connectivity index (χ1v) is 7.44. The standard InChI is InChI=1S/C16H24N2O2/c1-13(9-10-17)7-8-16(19)18-11-4-12-20-15-6-3-2-5-14(15)18/h2-3,5-6,13H,4,7-12,17H2,1H3. The number of carbonyl (C=O) groups is 1. The largest absolute Gasteiger partial charge is 0.491 e. The van der Waals surface area contributed by atoms with E-state index in [1.807, 2.05) is 29.2 Å². The van der Waals surface area contributed by atoms with Crippen LogP contribution in [0.15, 0.2) is 24.3 Å². The van der Waals surface area contributed by atoms with E-state index in [4.69, 9.17) is 10.5 Å². The monoisotopic (exact) mass is 276 g/mol. The van der Waals surface area contributed by atoms with Crippen LogP contribution in [0.5, 0.6) is 5.75 Å². The maximum absolute atomic E-state index is 12.5. The van der Waals surface area contributed by atoms with Gasteiger partial charge in [-0.05, 0) is 43.9 Å². The summed E-state index contributed by atoms with van der Waals surface area (Å²) in [7, 11) is 0. The van der Waals surface area contributed by atoms with E-state index in [0.29, 0.717) is 25.5 Å². The van der Waals surface area contributed by atoms with Crippen LogP contribution in [0.2, 0.25) is 0 Å². The van der Waals surface area contributed by atoms with Crippen molar-refractivity contribution in [3.05, 3.63) is 24.3 Å². The number of ether oxygens (including phenoxy) is 1. The van der Waals surface area contributed by atoms with Crippen molar-refractivity contribution in [2.45, 2.75) is 32.6 Å². The molecular formula is C16H24N2O2. The van der Waals surface area contributed by atoms with Gasteiger partial charge in [0.2, 0.25) is 5.91 Å². The third-order valence-corrected chi connectivity index (χ3v) is 3.75. The number of nitrogens with zero attached hydrogens (tertiary/aromatic N) is 1. The fraction of sp³-hybridized carbons (Fsp3) is 0.562. The number of carbonyl (C=O) groups excluding carboxylic acids is 1. The number of para-hydroxylation sites is 2. The van der Waals surface area contributed by atoms with Gasteiger partial charge in [-0.25, -0.2) is 0 Å². The molecule has 20 heavy (non-hydrogen) atoms. The molecule has 1 atom stereocenters. The molecule has 4 nitrogen and oxygen atoms in total. The Hall–Kier alpha value is -1.55. The number of fused-ring (bicyclic) bond motifs is 1. The zero-order chi connectivity index (χ0) is 14.4. The second-order valence-corrected chi connectivity index (χ2v) is 5.44. The SMILES string of the molecule is CC(CCN)CCC(=O)N1CCCOc2ccccc21. The van der Waals surface area contributed by atoms with Gasteiger partial charge in [-0.2, -0.15) is 0 Å². The highest BCUT2D eigenvalue weighted by atomic mass is 16.5. The lowest BCUT2D eigenvalue weighted by Crippen LogP contribution is -2.31. The minimum atomic E-state index is 0.187. The Balaban J connectivity index is 2.02. The summed E-state index contributed by atoms with van der Waals surface area (Å²) in [5.41, 5.74) is 6.45. The van der Waals surface area contributed by atoms with Crippen LogP contribution in [0.25, 0.3) is 0 Å². The molecule has 2 rings (SSSR count). The maximum Gasteiger partial charge on any atom is 0.227 e. The number of rotatable bonds is 5. The van der Waals surface area contributed by atoms with Crippen LogP contribution in [0.3, 0.4) is 0 Å². The van der Waals surface area contributed by atoms with Gasteiger partial charge in [-0.1, -0.05) is 19.1 Å². The minimum Gasteiger partial charge on any atom is -0.491 e. The fourth-order valence-corrected chi connectivity index (χ4v) is 2.52. The van der Waals surface area contributed by atoms with Crippen molar-refractivity contribution in [2.75, 3.05) is 24.6 Å².